The summed E-state index contributed by atoms with van der Waals surface area (Å²) >= 11 is 0. The van der Waals surface area contributed by atoms with Crippen LogP contribution in [0.3, 0.4) is 0 Å². The lowest BCUT2D eigenvalue weighted by Gasteiger charge is -2.36. The number of amides is 1. The van der Waals surface area contributed by atoms with Gasteiger partial charge in [0.15, 0.2) is 5.82 Å². The number of hydrogen-bond acceptors (Lipinski definition) is 6. The van der Waals surface area contributed by atoms with Gasteiger partial charge in [0.25, 0.3) is 11.6 Å². The van der Waals surface area contributed by atoms with Gasteiger partial charge < -0.3 is 9.80 Å². The lowest BCUT2D eigenvalue weighted by atomic mass is 10.1. The number of nitro benzene ring substituents is 1. The van der Waals surface area contributed by atoms with Crippen LogP contribution in [0.15, 0.2) is 42.6 Å². The first kappa shape index (κ1) is 20.5. The van der Waals surface area contributed by atoms with Gasteiger partial charge in [-0.25, -0.2) is 9.67 Å². The summed E-state index contributed by atoms with van der Waals surface area (Å²) in [6.07, 6.45) is 1.74. The molecule has 0 saturated carbocycles. The highest BCUT2D eigenvalue weighted by molar-refractivity contribution is 5.95. The number of aryl methyl sites for hydroxylation is 2. The zero-order valence-electron chi connectivity index (χ0n) is 17.8. The molecule has 0 radical (unpaired) electrons. The maximum Gasteiger partial charge on any atom is 0.273 e. The molecule has 2 aromatic heterocycles. The molecular weight excluding hydrogens is 396 g/mol. The third-order valence-corrected chi connectivity index (χ3v) is 5.66. The largest absolute Gasteiger partial charge is 0.365 e. The van der Waals surface area contributed by atoms with E-state index in [1.54, 1.807) is 30.2 Å². The SMILES string of the molecule is Cc1ccc(C(=O)N2CCN(c3c(C)nn(-c4ccccn4)c3C)CC2)cc1[N+](=O)[O-]. The van der Waals surface area contributed by atoms with Crippen LogP contribution in [0, 0.1) is 30.9 Å². The fourth-order valence-electron chi connectivity index (χ4n) is 4.05. The van der Waals surface area contributed by atoms with Gasteiger partial charge in [-0.15, -0.1) is 0 Å². The number of anilines is 1. The Hall–Kier alpha value is -3.75. The van der Waals surface area contributed by atoms with Crippen molar-refractivity contribution in [3.63, 3.8) is 0 Å². The summed E-state index contributed by atoms with van der Waals surface area (Å²) in [5, 5.41) is 15.9. The number of nitrogens with zero attached hydrogens (tertiary/aromatic N) is 6. The number of carbonyl (C=O) groups is 1. The molecule has 1 aliphatic heterocycles. The molecule has 0 unspecified atom stereocenters. The third-order valence-electron chi connectivity index (χ3n) is 5.66. The normalized spacial score (nSPS) is 14.0. The highest BCUT2D eigenvalue weighted by atomic mass is 16.6. The number of benzene rings is 1. The Morgan fingerprint density at radius 3 is 2.45 bits per heavy atom. The number of rotatable bonds is 4. The lowest BCUT2D eigenvalue weighted by molar-refractivity contribution is -0.385. The molecule has 0 atom stereocenters. The van der Waals surface area contributed by atoms with Crippen LogP contribution in [-0.4, -0.2) is 56.7 Å². The summed E-state index contributed by atoms with van der Waals surface area (Å²) in [6, 6.07) is 10.4. The standard InChI is InChI=1S/C22H24N6O3/c1-15-7-8-18(14-19(15)28(30)31)22(29)26-12-10-25(11-13-26)21-16(2)24-27(17(21)3)20-6-4-5-9-23-20/h4-9,14H,10-13H2,1-3H3. The zero-order valence-corrected chi connectivity index (χ0v) is 17.8. The van der Waals surface area contributed by atoms with Gasteiger partial charge in [-0.2, -0.15) is 5.10 Å². The van der Waals surface area contributed by atoms with Gasteiger partial charge in [0, 0.05) is 49.6 Å². The Labute approximate surface area is 180 Å². The minimum atomic E-state index is -0.450. The zero-order chi connectivity index (χ0) is 22.1. The molecule has 160 valence electrons. The van der Waals surface area contributed by atoms with E-state index in [9.17, 15) is 14.9 Å². The number of carbonyl (C=O) groups excluding carboxylic acids is 1. The Balaban J connectivity index is 1.50. The number of piperazine rings is 1. The van der Waals surface area contributed by atoms with Crippen LogP contribution in [0.2, 0.25) is 0 Å². The van der Waals surface area contributed by atoms with E-state index in [4.69, 9.17) is 0 Å². The first-order chi connectivity index (χ1) is 14.9. The summed E-state index contributed by atoms with van der Waals surface area (Å²) in [5.74, 6) is 0.588. The summed E-state index contributed by atoms with van der Waals surface area (Å²) in [7, 11) is 0. The van der Waals surface area contributed by atoms with Crippen molar-refractivity contribution in [3.8, 4) is 5.82 Å². The molecule has 9 heteroatoms. The Kier molecular flexibility index (Phi) is 5.41. The molecule has 4 rings (SSSR count). The van der Waals surface area contributed by atoms with Crippen LogP contribution in [0.25, 0.3) is 5.82 Å². The van der Waals surface area contributed by atoms with E-state index in [2.05, 4.69) is 15.0 Å². The second-order valence-corrected chi connectivity index (χ2v) is 7.66. The van der Waals surface area contributed by atoms with Crippen molar-refractivity contribution in [1.82, 2.24) is 19.7 Å². The molecule has 1 fully saturated rings. The van der Waals surface area contributed by atoms with Crippen LogP contribution in [0.5, 0.6) is 0 Å². The van der Waals surface area contributed by atoms with Gasteiger partial charge >= 0.3 is 0 Å². The first-order valence-electron chi connectivity index (χ1n) is 10.1. The second-order valence-electron chi connectivity index (χ2n) is 7.66. The molecule has 1 aromatic carbocycles. The van der Waals surface area contributed by atoms with Crippen LogP contribution in [0.4, 0.5) is 11.4 Å². The van der Waals surface area contributed by atoms with Gasteiger partial charge in [0.2, 0.25) is 0 Å². The van der Waals surface area contributed by atoms with Crippen molar-refractivity contribution >= 4 is 17.3 Å². The number of aromatic nitrogens is 3. The minimum absolute atomic E-state index is 0.0299. The number of pyridine rings is 1. The maximum absolute atomic E-state index is 12.9. The summed E-state index contributed by atoms with van der Waals surface area (Å²) in [6.45, 7) is 8.06. The summed E-state index contributed by atoms with van der Waals surface area (Å²) < 4.78 is 1.84. The van der Waals surface area contributed by atoms with Gasteiger partial charge in [0.1, 0.15) is 0 Å². The van der Waals surface area contributed by atoms with E-state index < -0.39 is 4.92 Å². The van der Waals surface area contributed by atoms with E-state index in [-0.39, 0.29) is 11.6 Å². The van der Waals surface area contributed by atoms with Gasteiger partial charge in [-0.3, -0.25) is 14.9 Å². The minimum Gasteiger partial charge on any atom is -0.365 e. The van der Waals surface area contributed by atoms with Crippen LogP contribution in [-0.2, 0) is 0 Å². The summed E-state index contributed by atoms with van der Waals surface area (Å²) in [5.41, 5.74) is 3.84. The molecular formula is C22H24N6O3. The van der Waals surface area contributed by atoms with Gasteiger partial charge in [-0.05, 0) is 39.0 Å². The third kappa shape index (κ3) is 3.86. The van der Waals surface area contributed by atoms with E-state index in [1.165, 1.54) is 6.07 Å². The highest BCUT2D eigenvalue weighted by Gasteiger charge is 2.27. The smallest absolute Gasteiger partial charge is 0.273 e. The van der Waals surface area contributed by atoms with Crippen molar-refractivity contribution < 1.29 is 9.72 Å². The molecule has 1 amide bonds. The molecule has 0 aliphatic carbocycles. The fourth-order valence-corrected chi connectivity index (χ4v) is 4.05. The van der Waals surface area contributed by atoms with E-state index in [0.717, 1.165) is 22.9 Å². The summed E-state index contributed by atoms with van der Waals surface area (Å²) in [4.78, 5) is 32.0. The van der Waals surface area contributed by atoms with Crippen molar-refractivity contribution in [1.29, 1.82) is 0 Å². The molecule has 31 heavy (non-hydrogen) atoms. The predicted octanol–water partition coefficient (Wildman–Crippen LogP) is 3.06. The monoisotopic (exact) mass is 420 g/mol. The van der Waals surface area contributed by atoms with Gasteiger partial charge in [0.05, 0.1) is 22.0 Å². The van der Waals surface area contributed by atoms with Crippen LogP contribution in [0.1, 0.15) is 27.3 Å². The fraction of sp³-hybridized carbons (Fsp3) is 0.318. The van der Waals surface area contributed by atoms with E-state index in [0.29, 0.717) is 37.3 Å². The molecule has 1 aliphatic rings. The molecule has 0 bridgehead atoms. The number of nitro groups is 1. The quantitative estimate of drug-likeness (QED) is 0.475. The van der Waals surface area contributed by atoms with Crippen molar-refractivity contribution in [2.24, 2.45) is 0 Å². The predicted molar refractivity (Wildman–Crippen MR) is 117 cm³/mol. The average molecular weight is 420 g/mol. The molecule has 9 nitrogen and oxygen atoms in total. The molecule has 0 spiro atoms. The molecule has 0 N–H and O–H groups in total. The van der Waals surface area contributed by atoms with Crippen LogP contribution >= 0.6 is 0 Å². The van der Waals surface area contributed by atoms with E-state index >= 15 is 0 Å². The second kappa shape index (κ2) is 8.17. The maximum atomic E-state index is 12.9. The topological polar surface area (TPSA) is 97.4 Å². The number of hydrogen-bond donors (Lipinski definition) is 0. The lowest BCUT2D eigenvalue weighted by Crippen LogP contribution is -2.49. The highest BCUT2D eigenvalue weighted by Crippen LogP contribution is 2.28. The van der Waals surface area contributed by atoms with Crippen molar-refractivity contribution in [2.45, 2.75) is 20.8 Å². The average Bonchev–Trinajstić information content (AvgIpc) is 3.08. The Bertz CT molecular complexity index is 1130. The molecule has 1 saturated heterocycles. The van der Waals surface area contributed by atoms with Crippen molar-refractivity contribution in [3.05, 3.63) is 75.2 Å². The molecule has 3 heterocycles. The molecule has 3 aromatic rings. The first-order valence-corrected chi connectivity index (χ1v) is 10.1. The van der Waals surface area contributed by atoms with Crippen molar-refractivity contribution in [2.75, 3.05) is 31.1 Å². The Morgan fingerprint density at radius 1 is 1.06 bits per heavy atom. The van der Waals surface area contributed by atoms with E-state index in [1.807, 2.05) is 36.7 Å². The van der Waals surface area contributed by atoms with Crippen LogP contribution < -0.4 is 4.90 Å². The Morgan fingerprint density at radius 2 is 1.81 bits per heavy atom. The van der Waals surface area contributed by atoms with Gasteiger partial charge in [-0.1, -0.05) is 12.1 Å².